The highest BCUT2D eigenvalue weighted by molar-refractivity contribution is 5.45. The van der Waals surface area contributed by atoms with Crippen molar-refractivity contribution in [2.45, 2.75) is 60.3 Å². The summed E-state index contributed by atoms with van der Waals surface area (Å²) in [7, 11) is 0. The van der Waals surface area contributed by atoms with Gasteiger partial charge in [-0.25, -0.2) is 4.98 Å². The number of aromatic nitrogens is 1. The second-order valence-corrected chi connectivity index (χ2v) is 6.88. The maximum atomic E-state index is 5.67. The van der Waals surface area contributed by atoms with E-state index < -0.39 is 0 Å². The minimum Gasteiger partial charge on any atom is -0.397 e. The lowest BCUT2D eigenvalue weighted by Gasteiger charge is -2.33. The summed E-state index contributed by atoms with van der Waals surface area (Å²) in [6.45, 7) is 25.8. The van der Waals surface area contributed by atoms with Gasteiger partial charge in [0.1, 0.15) is 5.82 Å². The Balaban J connectivity index is 0. The van der Waals surface area contributed by atoms with Crippen LogP contribution in [0.5, 0.6) is 0 Å². The summed E-state index contributed by atoms with van der Waals surface area (Å²) in [5.41, 5.74) is 7.57. The van der Waals surface area contributed by atoms with Gasteiger partial charge < -0.3 is 10.6 Å². The third-order valence-electron chi connectivity index (χ3n) is 4.14. The number of rotatable bonds is 5. The fourth-order valence-corrected chi connectivity index (χ4v) is 2.65. The lowest BCUT2D eigenvalue weighted by Crippen LogP contribution is -2.34. The van der Waals surface area contributed by atoms with E-state index in [2.05, 4.69) is 49.2 Å². The number of hydrogen-bond acceptors (Lipinski definition) is 3. The predicted octanol–water partition coefficient (Wildman–Crippen LogP) is 6.89. The van der Waals surface area contributed by atoms with E-state index in [1.54, 1.807) is 6.20 Å². The third-order valence-corrected chi connectivity index (χ3v) is 4.14. The number of anilines is 2. The largest absolute Gasteiger partial charge is 0.397 e. The van der Waals surface area contributed by atoms with Crippen molar-refractivity contribution in [2.24, 2.45) is 11.8 Å². The molecule has 3 heteroatoms. The molecule has 1 aromatic rings. The Morgan fingerprint density at radius 1 is 1.26 bits per heavy atom. The first-order valence-corrected chi connectivity index (χ1v) is 10.1. The molecule has 0 aromatic carbocycles. The summed E-state index contributed by atoms with van der Waals surface area (Å²) in [5, 5.41) is 0. The van der Waals surface area contributed by atoms with E-state index in [0.717, 1.165) is 30.5 Å². The quantitative estimate of drug-likeness (QED) is 0.571. The van der Waals surface area contributed by atoms with Crippen LogP contribution in [0, 0.1) is 11.8 Å². The summed E-state index contributed by atoms with van der Waals surface area (Å²) < 4.78 is 0. The lowest BCUT2D eigenvalue weighted by molar-refractivity contribution is 0.358. The van der Waals surface area contributed by atoms with Crippen LogP contribution in [-0.4, -0.2) is 18.1 Å². The molecule has 1 fully saturated rings. The molecule has 1 aliphatic heterocycles. The number of allylic oxidation sites excluding steroid dienone is 2. The molecule has 1 aliphatic rings. The number of nitrogens with two attached hydrogens (primary N) is 1. The van der Waals surface area contributed by atoms with Crippen LogP contribution in [0.4, 0.5) is 11.5 Å². The van der Waals surface area contributed by atoms with Crippen molar-refractivity contribution in [1.82, 2.24) is 4.98 Å². The molecule has 1 atom stereocenters. The maximum absolute atomic E-state index is 5.67. The van der Waals surface area contributed by atoms with E-state index in [1.165, 1.54) is 31.3 Å². The average molecular weight is 374 g/mol. The van der Waals surface area contributed by atoms with Crippen LogP contribution < -0.4 is 10.6 Å². The van der Waals surface area contributed by atoms with Crippen LogP contribution in [0.25, 0.3) is 0 Å². The molecule has 2 rings (SSSR count). The minimum absolute atomic E-state index is 0.650. The monoisotopic (exact) mass is 373 g/mol. The highest BCUT2D eigenvalue weighted by atomic mass is 15.2. The zero-order chi connectivity index (χ0) is 21.2. The summed E-state index contributed by atoms with van der Waals surface area (Å²) in [4.78, 5) is 6.77. The smallest absolute Gasteiger partial charge is 0.128 e. The van der Waals surface area contributed by atoms with E-state index in [1.807, 2.05) is 39.8 Å². The van der Waals surface area contributed by atoms with Crippen LogP contribution >= 0.6 is 0 Å². The molecule has 0 aliphatic carbocycles. The van der Waals surface area contributed by atoms with Crippen LogP contribution in [0.15, 0.2) is 56.3 Å². The van der Waals surface area contributed by atoms with Gasteiger partial charge in [-0.05, 0) is 63.5 Å². The van der Waals surface area contributed by atoms with Crippen molar-refractivity contribution in [3.63, 3.8) is 0 Å². The fourth-order valence-electron chi connectivity index (χ4n) is 2.65. The molecule has 1 unspecified atom stereocenters. The molecule has 27 heavy (non-hydrogen) atoms. The van der Waals surface area contributed by atoms with Crippen LogP contribution in [0.2, 0.25) is 0 Å². The molecular weight excluding hydrogens is 330 g/mol. The highest BCUT2D eigenvalue weighted by Gasteiger charge is 2.20. The summed E-state index contributed by atoms with van der Waals surface area (Å²) in [5.74, 6) is 2.58. The molecule has 0 spiro atoms. The van der Waals surface area contributed by atoms with Gasteiger partial charge in [-0.15, -0.1) is 26.3 Å². The van der Waals surface area contributed by atoms with Crippen molar-refractivity contribution in [1.29, 1.82) is 0 Å². The summed E-state index contributed by atoms with van der Waals surface area (Å²) in [6.07, 6.45) is 8.96. The van der Waals surface area contributed by atoms with E-state index in [9.17, 15) is 0 Å². The standard InChI is InChI=1S/C16H25N3.C4H8.C2H6.C2H4/c1-3-13(2)4-5-14-8-10-19(11-9-14)16-7-6-15(17)12-18-16;1-4(2)3;2*1-2/h3,6-7,12-14H,1,4-5,8-11,17H2,2H3;1H2,2-3H3;1-2H3;1-2H2. The Kier molecular flexibility index (Phi) is 17.5. The number of piperidine rings is 1. The van der Waals surface area contributed by atoms with Gasteiger partial charge in [0.25, 0.3) is 0 Å². The van der Waals surface area contributed by atoms with Gasteiger partial charge in [0.05, 0.1) is 11.9 Å². The van der Waals surface area contributed by atoms with Crippen LogP contribution in [0.1, 0.15) is 60.3 Å². The molecule has 1 aromatic heterocycles. The van der Waals surface area contributed by atoms with E-state index in [0.29, 0.717) is 5.92 Å². The van der Waals surface area contributed by atoms with Gasteiger partial charge in [0, 0.05) is 13.1 Å². The third kappa shape index (κ3) is 13.8. The Morgan fingerprint density at radius 3 is 2.19 bits per heavy atom. The van der Waals surface area contributed by atoms with Crippen molar-refractivity contribution >= 4 is 11.5 Å². The molecule has 2 N–H and O–H groups in total. The second-order valence-electron chi connectivity index (χ2n) is 6.88. The topological polar surface area (TPSA) is 42.1 Å². The molecule has 0 radical (unpaired) electrons. The lowest BCUT2D eigenvalue weighted by atomic mass is 9.89. The molecule has 0 saturated carbocycles. The molecule has 0 bridgehead atoms. The van der Waals surface area contributed by atoms with Crippen molar-refractivity contribution < 1.29 is 0 Å². The fraction of sp³-hybridized carbons (Fsp3) is 0.542. The first-order valence-electron chi connectivity index (χ1n) is 10.1. The van der Waals surface area contributed by atoms with E-state index in [4.69, 9.17) is 5.73 Å². The van der Waals surface area contributed by atoms with Gasteiger partial charge in [0.2, 0.25) is 0 Å². The van der Waals surface area contributed by atoms with Crippen LogP contribution in [-0.2, 0) is 0 Å². The van der Waals surface area contributed by atoms with Gasteiger partial charge in [-0.3, -0.25) is 0 Å². The molecule has 2 heterocycles. The molecule has 3 nitrogen and oxygen atoms in total. The van der Waals surface area contributed by atoms with E-state index in [-0.39, 0.29) is 0 Å². The normalized spacial score (nSPS) is 14.2. The Hall–Kier alpha value is -2.03. The molecular formula is C24H43N3. The van der Waals surface area contributed by atoms with Gasteiger partial charge in [-0.2, -0.15) is 0 Å². The van der Waals surface area contributed by atoms with Crippen molar-refractivity contribution in [2.75, 3.05) is 23.7 Å². The summed E-state index contributed by atoms with van der Waals surface area (Å²) >= 11 is 0. The first-order chi connectivity index (χ1) is 12.9. The van der Waals surface area contributed by atoms with Crippen molar-refractivity contribution in [3.05, 3.63) is 56.3 Å². The number of nitrogen functional groups attached to an aromatic ring is 1. The van der Waals surface area contributed by atoms with Gasteiger partial charge in [-0.1, -0.05) is 32.4 Å². The Labute approximate surface area is 169 Å². The molecule has 1 saturated heterocycles. The summed E-state index contributed by atoms with van der Waals surface area (Å²) in [6, 6.07) is 3.95. The SMILES string of the molecule is C=C.C=C(C)C.C=CC(C)CCC1CCN(c2ccc(N)cn2)CC1.CC. The zero-order valence-electron chi connectivity index (χ0n) is 18.5. The number of pyridine rings is 1. The average Bonchev–Trinajstić information content (AvgIpc) is 2.70. The molecule has 154 valence electrons. The number of hydrogen-bond donors (Lipinski definition) is 1. The predicted molar refractivity (Wildman–Crippen MR) is 125 cm³/mol. The Morgan fingerprint density at radius 2 is 1.78 bits per heavy atom. The minimum atomic E-state index is 0.650. The zero-order valence-corrected chi connectivity index (χ0v) is 18.5. The Bertz CT molecular complexity index is 481. The van der Waals surface area contributed by atoms with Crippen molar-refractivity contribution in [3.8, 4) is 0 Å². The van der Waals surface area contributed by atoms with Crippen LogP contribution in [0.3, 0.4) is 0 Å². The highest BCUT2D eigenvalue weighted by Crippen LogP contribution is 2.26. The second kappa shape index (κ2) is 17.4. The van der Waals surface area contributed by atoms with Gasteiger partial charge in [0.15, 0.2) is 0 Å². The first kappa shape index (κ1) is 27.2. The molecule has 0 amide bonds. The number of nitrogens with zero attached hydrogens (tertiary/aromatic N) is 2. The van der Waals surface area contributed by atoms with E-state index >= 15 is 0 Å². The van der Waals surface area contributed by atoms with Gasteiger partial charge >= 0.3 is 0 Å². The maximum Gasteiger partial charge on any atom is 0.128 e.